The van der Waals surface area contributed by atoms with E-state index in [1.54, 1.807) is 54.6 Å². The van der Waals surface area contributed by atoms with Crippen molar-refractivity contribution in [1.82, 2.24) is 0 Å². The van der Waals surface area contributed by atoms with Crippen LogP contribution in [0.5, 0.6) is 0 Å². The average Bonchev–Trinajstić information content (AvgIpc) is 3.11. The topological polar surface area (TPSA) is 59.3 Å². The Balaban J connectivity index is 1.67. The fourth-order valence-electron chi connectivity index (χ4n) is 3.13. The van der Waals surface area contributed by atoms with Crippen LogP contribution < -0.4 is 5.32 Å². The molecular formula is C25H17Cl2NO3. The Hall–Kier alpha value is -3.34. The first-order valence-corrected chi connectivity index (χ1v) is 10.2. The summed E-state index contributed by atoms with van der Waals surface area (Å²) in [5.41, 5.74) is 3.01. The van der Waals surface area contributed by atoms with Crippen molar-refractivity contribution < 1.29 is 14.0 Å². The summed E-state index contributed by atoms with van der Waals surface area (Å²) in [4.78, 5) is 25.7. The van der Waals surface area contributed by atoms with Gasteiger partial charge < -0.3 is 9.73 Å². The minimum absolute atomic E-state index is 0.0799. The number of ketones is 1. The Morgan fingerprint density at radius 1 is 0.968 bits per heavy atom. The highest BCUT2D eigenvalue weighted by atomic mass is 35.5. The number of halogens is 2. The van der Waals surface area contributed by atoms with Gasteiger partial charge in [0, 0.05) is 27.1 Å². The molecule has 0 atom stereocenters. The van der Waals surface area contributed by atoms with Crippen LogP contribution in [-0.4, -0.2) is 11.7 Å². The number of para-hydroxylation sites is 1. The molecule has 0 saturated carbocycles. The zero-order valence-electron chi connectivity index (χ0n) is 16.5. The normalized spacial score (nSPS) is 11.2. The second kappa shape index (κ2) is 8.80. The molecule has 4 aromatic rings. The molecule has 1 N–H and O–H groups in total. The smallest absolute Gasteiger partial charge is 0.248 e. The van der Waals surface area contributed by atoms with Crippen molar-refractivity contribution in [2.24, 2.45) is 0 Å². The number of carbonyl (C=O) groups excluding carboxylic acids is 2. The number of fused-ring (bicyclic) bond motifs is 1. The van der Waals surface area contributed by atoms with Crippen LogP contribution in [0, 0.1) is 6.92 Å². The molecule has 3 aromatic carbocycles. The van der Waals surface area contributed by atoms with Crippen molar-refractivity contribution in [1.29, 1.82) is 0 Å². The molecule has 0 radical (unpaired) electrons. The maximum absolute atomic E-state index is 13.1. The summed E-state index contributed by atoms with van der Waals surface area (Å²) in [7, 11) is 0. The third-order valence-corrected chi connectivity index (χ3v) is 5.30. The maximum atomic E-state index is 13.1. The number of amides is 1. The van der Waals surface area contributed by atoms with E-state index in [-0.39, 0.29) is 11.5 Å². The number of aryl methyl sites for hydroxylation is 1. The predicted octanol–water partition coefficient (Wildman–Crippen LogP) is 6.93. The second-order valence-corrected chi connectivity index (χ2v) is 7.83. The van der Waals surface area contributed by atoms with Gasteiger partial charge in [-0.1, -0.05) is 71.2 Å². The third-order valence-electron chi connectivity index (χ3n) is 4.74. The van der Waals surface area contributed by atoms with Gasteiger partial charge in [0.2, 0.25) is 11.7 Å². The third kappa shape index (κ3) is 4.55. The lowest BCUT2D eigenvalue weighted by atomic mass is 10.1. The van der Waals surface area contributed by atoms with Crippen molar-refractivity contribution in [3.8, 4) is 0 Å². The van der Waals surface area contributed by atoms with Gasteiger partial charge in [-0.3, -0.25) is 9.59 Å². The van der Waals surface area contributed by atoms with E-state index in [0.29, 0.717) is 37.8 Å². The van der Waals surface area contributed by atoms with E-state index < -0.39 is 5.91 Å². The largest absolute Gasteiger partial charge is 0.450 e. The van der Waals surface area contributed by atoms with Crippen LogP contribution in [-0.2, 0) is 4.79 Å². The van der Waals surface area contributed by atoms with Crippen LogP contribution in [0.15, 0.2) is 77.2 Å². The SMILES string of the molecule is Cc1ccc(C(=O)c2oc3ccccc3c2NC(=O)C=Cc2ccc(Cl)cc2Cl)cc1. The Kier molecular flexibility index (Phi) is 5.94. The standard InChI is InChI=1S/C25H17Cl2NO3/c1-15-6-8-17(9-7-15)24(30)25-23(19-4-2-3-5-21(19)31-25)28-22(29)13-11-16-10-12-18(26)14-20(16)27/h2-14H,1H3,(H,28,29). The molecule has 0 spiro atoms. The molecule has 0 bridgehead atoms. The predicted molar refractivity (Wildman–Crippen MR) is 125 cm³/mol. The fourth-order valence-corrected chi connectivity index (χ4v) is 3.60. The monoisotopic (exact) mass is 449 g/mol. The van der Waals surface area contributed by atoms with E-state index >= 15 is 0 Å². The number of anilines is 1. The molecule has 31 heavy (non-hydrogen) atoms. The minimum Gasteiger partial charge on any atom is -0.450 e. The highest BCUT2D eigenvalue weighted by Gasteiger charge is 2.22. The molecule has 6 heteroatoms. The molecule has 1 amide bonds. The average molecular weight is 450 g/mol. The molecule has 154 valence electrons. The Bertz CT molecular complexity index is 1320. The molecule has 4 rings (SSSR count). The number of benzene rings is 3. The summed E-state index contributed by atoms with van der Waals surface area (Å²) >= 11 is 12.1. The lowest BCUT2D eigenvalue weighted by Gasteiger charge is -2.05. The highest BCUT2D eigenvalue weighted by Crippen LogP contribution is 2.32. The summed E-state index contributed by atoms with van der Waals surface area (Å²) < 4.78 is 5.82. The van der Waals surface area contributed by atoms with Gasteiger partial charge >= 0.3 is 0 Å². The molecule has 0 fully saturated rings. The lowest BCUT2D eigenvalue weighted by Crippen LogP contribution is -2.11. The minimum atomic E-state index is -0.421. The molecule has 0 aliphatic carbocycles. The van der Waals surface area contributed by atoms with Crippen LogP contribution in [0.2, 0.25) is 10.0 Å². The summed E-state index contributed by atoms with van der Waals surface area (Å²) in [5.74, 6) is -0.650. The van der Waals surface area contributed by atoms with E-state index in [9.17, 15) is 9.59 Å². The molecule has 1 heterocycles. The summed E-state index contributed by atoms with van der Waals surface area (Å²) in [6.07, 6.45) is 2.93. The number of furan rings is 1. The van der Waals surface area contributed by atoms with E-state index in [2.05, 4.69) is 5.32 Å². The summed E-state index contributed by atoms with van der Waals surface area (Å²) in [6.45, 7) is 1.94. The quantitative estimate of drug-likeness (QED) is 0.265. The van der Waals surface area contributed by atoms with Crippen LogP contribution in [0.3, 0.4) is 0 Å². The zero-order chi connectivity index (χ0) is 22.0. The Morgan fingerprint density at radius 3 is 2.45 bits per heavy atom. The van der Waals surface area contributed by atoms with Crippen LogP contribution >= 0.6 is 23.2 Å². The van der Waals surface area contributed by atoms with Gasteiger partial charge in [-0.05, 0) is 42.8 Å². The van der Waals surface area contributed by atoms with Gasteiger partial charge in [-0.15, -0.1) is 0 Å². The lowest BCUT2D eigenvalue weighted by molar-refractivity contribution is -0.111. The number of rotatable bonds is 5. The van der Waals surface area contributed by atoms with Gasteiger partial charge in [-0.2, -0.15) is 0 Å². The Morgan fingerprint density at radius 2 is 1.71 bits per heavy atom. The van der Waals surface area contributed by atoms with Crippen LogP contribution in [0.25, 0.3) is 17.0 Å². The van der Waals surface area contributed by atoms with Crippen LogP contribution in [0.1, 0.15) is 27.2 Å². The molecule has 4 nitrogen and oxygen atoms in total. The first-order chi connectivity index (χ1) is 14.9. The van der Waals surface area contributed by atoms with E-state index in [4.69, 9.17) is 27.6 Å². The van der Waals surface area contributed by atoms with Gasteiger partial charge in [0.25, 0.3) is 0 Å². The van der Waals surface area contributed by atoms with Crippen molar-refractivity contribution in [3.63, 3.8) is 0 Å². The molecular weight excluding hydrogens is 433 g/mol. The van der Waals surface area contributed by atoms with Crippen LogP contribution in [0.4, 0.5) is 5.69 Å². The van der Waals surface area contributed by atoms with Gasteiger partial charge in [0.1, 0.15) is 5.58 Å². The number of hydrogen-bond donors (Lipinski definition) is 1. The van der Waals surface area contributed by atoms with E-state index in [1.807, 2.05) is 25.1 Å². The van der Waals surface area contributed by atoms with Gasteiger partial charge in [-0.25, -0.2) is 0 Å². The molecule has 0 unspecified atom stereocenters. The zero-order valence-corrected chi connectivity index (χ0v) is 18.0. The second-order valence-electron chi connectivity index (χ2n) is 6.99. The van der Waals surface area contributed by atoms with Gasteiger partial charge in [0.15, 0.2) is 5.76 Å². The Labute approximate surface area is 189 Å². The van der Waals surface area contributed by atoms with Crippen molar-refractivity contribution in [2.45, 2.75) is 6.92 Å². The first-order valence-electron chi connectivity index (χ1n) is 9.49. The summed E-state index contributed by atoms with van der Waals surface area (Å²) in [6, 6.07) is 19.3. The van der Waals surface area contributed by atoms with E-state index in [0.717, 1.165) is 5.56 Å². The number of carbonyl (C=O) groups is 2. The van der Waals surface area contributed by atoms with E-state index in [1.165, 1.54) is 6.08 Å². The maximum Gasteiger partial charge on any atom is 0.248 e. The number of nitrogens with one attached hydrogen (secondary N) is 1. The van der Waals surface area contributed by atoms with Gasteiger partial charge in [0.05, 0.1) is 5.69 Å². The molecule has 0 saturated heterocycles. The fraction of sp³-hybridized carbons (Fsp3) is 0.0400. The number of hydrogen-bond acceptors (Lipinski definition) is 3. The molecule has 1 aromatic heterocycles. The highest BCUT2D eigenvalue weighted by molar-refractivity contribution is 6.35. The molecule has 0 aliphatic rings. The van der Waals surface area contributed by atoms with Crippen molar-refractivity contribution >= 4 is 57.6 Å². The molecule has 0 aliphatic heterocycles. The van der Waals surface area contributed by atoms with Crippen molar-refractivity contribution in [2.75, 3.05) is 5.32 Å². The van der Waals surface area contributed by atoms with Crippen molar-refractivity contribution in [3.05, 3.63) is 105 Å². The summed E-state index contributed by atoms with van der Waals surface area (Å²) in [5, 5.41) is 4.37. The first kappa shape index (κ1) is 20.9.